The zero-order chi connectivity index (χ0) is 19.4. The average molecular weight is 473 g/mol. The molecule has 27 heavy (non-hydrogen) atoms. The number of carbonyl (C=O) groups excluding carboxylic acids is 1. The maximum Gasteiger partial charge on any atom is 0.244 e. The highest BCUT2D eigenvalue weighted by atomic mass is 79.9. The van der Waals surface area contributed by atoms with Gasteiger partial charge in [-0.3, -0.25) is 4.79 Å². The number of sulfonamides is 1. The van der Waals surface area contributed by atoms with Crippen molar-refractivity contribution >= 4 is 43.5 Å². The van der Waals surface area contributed by atoms with Crippen LogP contribution in [0.1, 0.15) is 25.0 Å². The first-order valence-corrected chi connectivity index (χ1v) is 11.2. The summed E-state index contributed by atoms with van der Waals surface area (Å²) in [5.41, 5.74) is 0.555. The largest absolute Gasteiger partial charge is 0.355 e. The summed E-state index contributed by atoms with van der Waals surface area (Å²) < 4.78 is 28.6. The highest BCUT2D eigenvalue weighted by Crippen LogP contribution is 2.25. The third-order valence-electron chi connectivity index (χ3n) is 4.36. The van der Waals surface area contributed by atoms with E-state index in [1.165, 1.54) is 28.6 Å². The lowest BCUT2D eigenvalue weighted by molar-refractivity contribution is -0.124. The standard InChI is InChI=1S/C18H19BrClN3O3S/c19-17-6-3-4-14(22-17)12-23(16-5-1-2-11-21-18(16)24)27(25,26)15-9-7-13(20)8-10-15/h3-4,6-10,16H,1-2,5,11-12H2,(H,21,24). The van der Waals surface area contributed by atoms with Gasteiger partial charge in [0.05, 0.1) is 17.1 Å². The molecule has 1 aliphatic rings. The topological polar surface area (TPSA) is 79.4 Å². The summed E-state index contributed by atoms with van der Waals surface area (Å²) in [6.45, 7) is 0.557. The first kappa shape index (κ1) is 20.3. The van der Waals surface area contributed by atoms with Crippen LogP contribution in [-0.2, 0) is 21.4 Å². The van der Waals surface area contributed by atoms with E-state index in [1.807, 2.05) is 0 Å². The van der Waals surface area contributed by atoms with E-state index < -0.39 is 16.1 Å². The number of nitrogens with zero attached hydrogens (tertiary/aromatic N) is 2. The predicted molar refractivity (Wildman–Crippen MR) is 107 cm³/mol. The van der Waals surface area contributed by atoms with Crippen LogP contribution in [0.3, 0.4) is 0 Å². The number of aromatic nitrogens is 1. The van der Waals surface area contributed by atoms with E-state index in [2.05, 4.69) is 26.2 Å². The van der Waals surface area contributed by atoms with E-state index >= 15 is 0 Å². The zero-order valence-corrected chi connectivity index (χ0v) is 17.6. The SMILES string of the molecule is O=C1NCCCCC1N(Cc1cccc(Br)n1)S(=O)(=O)c1ccc(Cl)cc1. The Balaban J connectivity index is 2.02. The molecular formula is C18H19BrClN3O3S. The van der Waals surface area contributed by atoms with Gasteiger partial charge in [0.2, 0.25) is 15.9 Å². The Morgan fingerprint density at radius 3 is 2.63 bits per heavy atom. The van der Waals surface area contributed by atoms with Crippen LogP contribution in [0.25, 0.3) is 0 Å². The van der Waals surface area contributed by atoms with Gasteiger partial charge >= 0.3 is 0 Å². The van der Waals surface area contributed by atoms with Crippen molar-refractivity contribution in [1.29, 1.82) is 0 Å². The van der Waals surface area contributed by atoms with E-state index in [-0.39, 0.29) is 17.3 Å². The van der Waals surface area contributed by atoms with Crippen molar-refractivity contribution in [3.63, 3.8) is 0 Å². The molecule has 1 amide bonds. The second-order valence-corrected chi connectivity index (χ2v) is 9.40. The van der Waals surface area contributed by atoms with E-state index in [4.69, 9.17) is 11.6 Å². The number of benzene rings is 1. The normalized spacial score (nSPS) is 18.2. The van der Waals surface area contributed by atoms with Crippen molar-refractivity contribution < 1.29 is 13.2 Å². The van der Waals surface area contributed by atoms with Crippen molar-refractivity contribution in [2.45, 2.75) is 36.7 Å². The molecule has 3 rings (SSSR count). The molecule has 0 saturated carbocycles. The van der Waals surface area contributed by atoms with Crippen LogP contribution >= 0.6 is 27.5 Å². The number of halogens is 2. The molecule has 1 aromatic carbocycles. The quantitative estimate of drug-likeness (QED) is 0.677. The lowest BCUT2D eigenvalue weighted by Crippen LogP contribution is -2.48. The monoisotopic (exact) mass is 471 g/mol. The van der Waals surface area contributed by atoms with Gasteiger partial charge in [0.25, 0.3) is 0 Å². The fourth-order valence-corrected chi connectivity index (χ4v) is 5.10. The molecule has 144 valence electrons. The van der Waals surface area contributed by atoms with Gasteiger partial charge in [0.1, 0.15) is 10.6 Å². The summed E-state index contributed by atoms with van der Waals surface area (Å²) in [5.74, 6) is -0.278. The molecule has 1 aromatic heterocycles. The molecule has 1 atom stereocenters. The minimum Gasteiger partial charge on any atom is -0.355 e. The van der Waals surface area contributed by atoms with Crippen LogP contribution in [0.2, 0.25) is 5.02 Å². The van der Waals surface area contributed by atoms with E-state index in [0.29, 0.717) is 28.3 Å². The molecule has 2 heterocycles. The van der Waals surface area contributed by atoms with Crippen LogP contribution in [0.15, 0.2) is 52.0 Å². The molecular weight excluding hydrogens is 454 g/mol. The molecule has 1 unspecified atom stereocenters. The Labute approximate surface area is 172 Å². The molecule has 9 heteroatoms. The lowest BCUT2D eigenvalue weighted by atomic mass is 10.1. The third kappa shape index (κ3) is 4.87. The molecule has 1 aliphatic heterocycles. The molecule has 1 saturated heterocycles. The Morgan fingerprint density at radius 1 is 1.19 bits per heavy atom. The second-order valence-electron chi connectivity index (χ2n) is 6.26. The molecule has 0 aliphatic carbocycles. The lowest BCUT2D eigenvalue weighted by Gasteiger charge is -2.29. The third-order valence-corrected chi connectivity index (χ3v) is 6.93. The fourth-order valence-electron chi connectivity index (χ4n) is 3.00. The van der Waals surface area contributed by atoms with Crippen LogP contribution in [0, 0.1) is 0 Å². The van der Waals surface area contributed by atoms with Gasteiger partial charge in [-0.1, -0.05) is 17.7 Å². The molecule has 1 N–H and O–H groups in total. The van der Waals surface area contributed by atoms with E-state index in [9.17, 15) is 13.2 Å². The number of nitrogens with one attached hydrogen (secondary N) is 1. The first-order chi connectivity index (χ1) is 12.9. The highest BCUT2D eigenvalue weighted by molar-refractivity contribution is 9.10. The van der Waals surface area contributed by atoms with Crippen molar-refractivity contribution in [2.75, 3.05) is 6.54 Å². The molecule has 0 radical (unpaired) electrons. The van der Waals surface area contributed by atoms with Crippen LogP contribution < -0.4 is 5.32 Å². The average Bonchev–Trinajstić information content (AvgIpc) is 2.84. The highest BCUT2D eigenvalue weighted by Gasteiger charge is 2.36. The number of rotatable bonds is 5. The van der Waals surface area contributed by atoms with Gasteiger partial charge in [-0.25, -0.2) is 13.4 Å². The number of hydrogen-bond acceptors (Lipinski definition) is 4. The first-order valence-electron chi connectivity index (χ1n) is 8.54. The van der Waals surface area contributed by atoms with Gasteiger partial charge in [-0.15, -0.1) is 0 Å². The Hall–Kier alpha value is -1.48. The fraction of sp³-hybridized carbons (Fsp3) is 0.333. The van der Waals surface area contributed by atoms with Gasteiger partial charge in [0.15, 0.2) is 0 Å². The summed E-state index contributed by atoms with van der Waals surface area (Å²) >= 11 is 9.20. The van der Waals surface area contributed by atoms with E-state index in [1.54, 1.807) is 18.2 Å². The summed E-state index contributed by atoms with van der Waals surface area (Å²) in [6.07, 6.45) is 2.06. The van der Waals surface area contributed by atoms with Crippen molar-refractivity contribution in [2.24, 2.45) is 0 Å². The van der Waals surface area contributed by atoms with E-state index in [0.717, 1.165) is 12.8 Å². The number of carbonyl (C=O) groups is 1. The number of amides is 1. The van der Waals surface area contributed by atoms with Gasteiger partial charge in [0, 0.05) is 11.6 Å². The van der Waals surface area contributed by atoms with Gasteiger partial charge < -0.3 is 5.32 Å². The van der Waals surface area contributed by atoms with Crippen LogP contribution in [-0.4, -0.2) is 36.2 Å². The minimum atomic E-state index is -3.92. The van der Waals surface area contributed by atoms with Crippen molar-refractivity contribution in [3.05, 3.63) is 57.8 Å². The maximum absolute atomic E-state index is 13.4. The second kappa shape index (κ2) is 8.68. The molecule has 1 fully saturated rings. The van der Waals surface area contributed by atoms with Crippen molar-refractivity contribution in [3.8, 4) is 0 Å². The summed E-state index contributed by atoms with van der Waals surface area (Å²) in [7, 11) is -3.92. The van der Waals surface area contributed by atoms with Crippen molar-refractivity contribution in [1.82, 2.24) is 14.6 Å². The Bertz CT molecular complexity index is 922. The molecule has 0 bridgehead atoms. The van der Waals surface area contributed by atoms with Crippen LogP contribution in [0.5, 0.6) is 0 Å². The summed E-state index contributed by atoms with van der Waals surface area (Å²) in [4.78, 5) is 17.0. The Morgan fingerprint density at radius 2 is 1.93 bits per heavy atom. The van der Waals surface area contributed by atoms with Gasteiger partial charge in [-0.05, 0) is 71.6 Å². The van der Waals surface area contributed by atoms with Crippen LogP contribution in [0.4, 0.5) is 0 Å². The predicted octanol–water partition coefficient (Wildman–Crippen LogP) is 3.36. The number of hydrogen-bond donors (Lipinski definition) is 1. The maximum atomic E-state index is 13.4. The number of pyridine rings is 1. The Kier molecular flexibility index (Phi) is 6.52. The minimum absolute atomic E-state index is 0.00247. The summed E-state index contributed by atoms with van der Waals surface area (Å²) in [6, 6.07) is 10.5. The molecule has 0 spiro atoms. The summed E-state index contributed by atoms with van der Waals surface area (Å²) in [5, 5.41) is 3.25. The molecule has 6 nitrogen and oxygen atoms in total. The smallest absolute Gasteiger partial charge is 0.244 e. The zero-order valence-electron chi connectivity index (χ0n) is 14.4. The van der Waals surface area contributed by atoms with Gasteiger partial charge in [-0.2, -0.15) is 4.31 Å². The molecule has 2 aromatic rings.